The van der Waals surface area contributed by atoms with Crippen molar-refractivity contribution < 1.29 is 5.11 Å². The number of alkyl halides is 1. The molecule has 2 aromatic rings. The molecule has 0 atom stereocenters. The van der Waals surface area contributed by atoms with Gasteiger partial charge < -0.3 is 10.8 Å². The Morgan fingerprint density at radius 1 is 1.29 bits per heavy atom. The predicted molar refractivity (Wildman–Crippen MR) is 64.8 cm³/mol. The van der Waals surface area contributed by atoms with Crippen molar-refractivity contribution in [3.63, 3.8) is 0 Å². The van der Waals surface area contributed by atoms with E-state index in [1.54, 1.807) is 11.3 Å². The van der Waals surface area contributed by atoms with Gasteiger partial charge in [0, 0.05) is 10.0 Å². The average Bonchev–Trinajstić information content (AvgIpc) is 2.54. The predicted octanol–water partition coefficient (Wildman–Crippen LogP) is 2.87. The number of hydrogen-bond donors (Lipinski definition) is 2. The monoisotopic (exact) mass is 271 g/mol. The fourth-order valence-electron chi connectivity index (χ4n) is 1.47. The summed E-state index contributed by atoms with van der Waals surface area (Å²) in [5.41, 5.74) is 7.81. The maximum Gasteiger partial charge on any atom is 0.0868 e. The van der Waals surface area contributed by atoms with Gasteiger partial charge >= 0.3 is 0 Å². The normalized spacial score (nSPS) is 11.0. The first-order valence-electron chi connectivity index (χ1n) is 4.22. The summed E-state index contributed by atoms with van der Waals surface area (Å²) in [5, 5.41) is 11.9. The Balaban J connectivity index is 2.68. The molecular formula is C10H10BrNOS. The molecule has 0 amide bonds. The van der Waals surface area contributed by atoms with Crippen molar-refractivity contribution in [1.29, 1.82) is 0 Å². The van der Waals surface area contributed by atoms with Gasteiger partial charge in [-0.05, 0) is 34.7 Å². The summed E-state index contributed by atoms with van der Waals surface area (Å²) in [6, 6.07) is 6.02. The third kappa shape index (κ3) is 1.65. The molecule has 0 aliphatic heterocycles. The fraction of sp³-hybridized carbons (Fsp3) is 0.200. The maximum absolute atomic E-state index is 9.17. The molecule has 1 aromatic heterocycles. The number of nitrogen functional groups attached to an aromatic ring is 1. The number of halogens is 1. The van der Waals surface area contributed by atoms with Crippen LogP contribution < -0.4 is 5.73 Å². The number of aliphatic hydroxyl groups excluding tert-OH is 1. The molecule has 14 heavy (non-hydrogen) atoms. The molecule has 0 radical (unpaired) electrons. The highest BCUT2D eigenvalue weighted by Gasteiger charge is 2.05. The zero-order valence-corrected chi connectivity index (χ0v) is 9.86. The SMILES string of the molecule is Nc1cc2cc(CO)c(CBr)cc2s1. The molecule has 0 saturated carbocycles. The highest BCUT2D eigenvalue weighted by atomic mass is 79.9. The molecule has 3 N–H and O–H groups in total. The van der Waals surface area contributed by atoms with Gasteiger partial charge in [-0.1, -0.05) is 15.9 Å². The Morgan fingerprint density at radius 2 is 2.07 bits per heavy atom. The largest absolute Gasteiger partial charge is 0.392 e. The summed E-state index contributed by atoms with van der Waals surface area (Å²) in [5.74, 6) is 0. The summed E-state index contributed by atoms with van der Waals surface area (Å²) in [7, 11) is 0. The molecule has 0 unspecified atom stereocenters. The molecule has 1 aromatic carbocycles. The van der Waals surface area contributed by atoms with E-state index in [9.17, 15) is 0 Å². The molecule has 0 saturated heterocycles. The van der Waals surface area contributed by atoms with Crippen LogP contribution in [0.2, 0.25) is 0 Å². The van der Waals surface area contributed by atoms with Crippen LogP contribution in [0.15, 0.2) is 18.2 Å². The topological polar surface area (TPSA) is 46.2 Å². The van der Waals surface area contributed by atoms with Gasteiger partial charge in [-0.3, -0.25) is 0 Å². The first-order chi connectivity index (χ1) is 6.74. The first-order valence-corrected chi connectivity index (χ1v) is 6.16. The molecule has 2 nitrogen and oxygen atoms in total. The molecule has 1 heterocycles. The minimum Gasteiger partial charge on any atom is -0.392 e. The van der Waals surface area contributed by atoms with Crippen molar-refractivity contribution >= 4 is 42.4 Å². The van der Waals surface area contributed by atoms with E-state index in [1.165, 1.54) is 4.70 Å². The third-order valence-electron chi connectivity index (χ3n) is 2.17. The summed E-state index contributed by atoms with van der Waals surface area (Å²) in [6.45, 7) is 0.0760. The summed E-state index contributed by atoms with van der Waals surface area (Å²) < 4.78 is 1.18. The van der Waals surface area contributed by atoms with Crippen molar-refractivity contribution in [2.75, 3.05) is 5.73 Å². The molecule has 0 aliphatic carbocycles. The van der Waals surface area contributed by atoms with Gasteiger partial charge in [0.15, 0.2) is 0 Å². The van der Waals surface area contributed by atoms with Gasteiger partial charge in [0.1, 0.15) is 0 Å². The van der Waals surface area contributed by atoms with E-state index in [-0.39, 0.29) is 6.61 Å². The molecule has 2 rings (SSSR count). The number of fused-ring (bicyclic) bond motifs is 1. The Kier molecular flexibility index (Phi) is 2.76. The zero-order chi connectivity index (χ0) is 10.1. The standard InChI is InChI=1S/C10H10BrNOS/c11-4-7-2-9-6(1-8(7)5-13)3-10(12)14-9/h1-3,13H,4-5,12H2. The molecule has 74 valence electrons. The van der Waals surface area contributed by atoms with Gasteiger partial charge in [0.05, 0.1) is 11.6 Å². The number of thiophene rings is 1. The van der Waals surface area contributed by atoms with Gasteiger partial charge in [0.25, 0.3) is 0 Å². The summed E-state index contributed by atoms with van der Waals surface area (Å²) >= 11 is 4.98. The molecular weight excluding hydrogens is 262 g/mol. The van der Waals surface area contributed by atoms with E-state index >= 15 is 0 Å². The highest BCUT2D eigenvalue weighted by molar-refractivity contribution is 9.08. The highest BCUT2D eigenvalue weighted by Crippen LogP contribution is 2.30. The maximum atomic E-state index is 9.17. The van der Waals surface area contributed by atoms with E-state index in [0.717, 1.165) is 26.8 Å². The molecule has 0 bridgehead atoms. The number of hydrogen-bond acceptors (Lipinski definition) is 3. The van der Waals surface area contributed by atoms with E-state index in [2.05, 4.69) is 22.0 Å². The first kappa shape index (κ1) is 9.96. The van der Waals surface area contributed by atoms with Crippen LogP contribution in [0.1, 0.15) is 11.1 Å². The van der Waals surface area contributed by atoms with Gasteiger partial charge in [-0.25, -0.2) is 0 Å². The van der Waals surface area contributed by atoms with Gasteiger partial charge in [0.2, 0.25) is 0 Å². The van der Waals surface area contributed by atoms with Crippen LogP contribution >= 0.6 is 27.3 Å². The Hall–Kier alpha value is -0.580. The molecule has 0 fully saturated rings. The van der Waals surface area contributed by atoms with E-state index < -0.39 is 0 Å². The molecule has 0 spiro atoms. The van der Waals surface area contributed by atoms with Crippen LogP contribution in [0.5, 0.6) is 0 Å². The lowest BCUT2D eigenvalue weighted by Gasteiger charge is -2.03. The second-order valence-corrected chi connectivity index (χ2v) is 4.78. The second-order valence-electron chi connectivity index (χ2n) is 3.10. The number of benzene rings is 1. The van der Waals surface area contributed by atoms with Crippen LogP contribution in [-0.2, 0) is 11.9 Å². The van der Waals surface area contributed by atoms with Crippen molar-refractivity contribution in [1.82, 2.24) is 0 Å². The lowest BCUT2D eigenvalue weighted by Crippen LogP contribution is -1.89. The quantitative estimate of drug-likeness (QED) is 0.826. The minimum atomic E-state index is 0.0760. The van der Waals surface area contributed by atoms with Crippen LogP contribution in [-0.4, -0.2) is 5.11 Å². The van der Waals surface area contributed by atoms with Crippen LogP contribution in [0.4, 0.5) is 5.00 Å². The molecule has 0 aliphatic rings. The minimum absolute atomic E-state index is 0.0760. The summed E-state index contributed by atoms with van der Waals surface area (Å²) in [6.07, 6.45) is 0. The lowest BCUT2D eigenvalue weighted by atomic mass is 10.1. The van der Waals surface area contributed by atoms with E-state index in [4.69, 9.17) is 10.8 Å². The van der Waals surface area contributed by atoms with Gasteiger partial charge in [-0.2, -0.15) is 0 Å². The fourth-order valence-corrected chi connectivity index (χ4v) is 2.87. The smallest absolute Gasteiger partial charge is 0.0868 e. The Morgan fingerprint density at radius 3 is 2.71 bits per heavy atom. The van der Waals surface area contributed by atoms with Crippen molar-refractivity contribution in [3.8, 4) is 0 Å². The number of aliphatic hydroxyl groups is 1. The number of nitrogens with two attached hydrogens (primary N) is 1. The zero-order valence-electron chi connectivity index (χ0n) is 7.46. The lowest BCUT2D eigenvalue weighted by molar-refractivity contribution is 0.281. The third-order valence-corrected chi connectivity index (χ3v) is 3.70. The van der Waals surface area contributed by atoms with Gasteiger partial charge in [-0.15, -0.1) is 11.3 Å². The Labute approximate surface area is 94.5 Å². The Bertz CT molecular complexity index is 425. The van der Waals surface area contributed by atoms with E-state index in [1.807, 2.05) is 12.1 Å². The van der Waals surface area contributed by atoms with Crippen molar-refractivity contribution in [3.05, 3.63) is 29.3 Å². The molecule has 4 heteroatoms. The van der Waals surface area contributed by atoms with Crippen molar-refractivity contribution in [2.45, 2.75) is 11.9 Å². The average molecular weight is 272 g/mol. The van der Waals surface area contributed by atoms with Crippen LogP contribution in [0.3, 0.4) is 0 Å². The number of anilines is 1. The van der Waals surface area contributed by atoms with Crippen LogP contribution in [0, 0.1) is 0 Å². The summed E-state index contributed by atoms with van der Waals surface area (Å²) in [4.78, 5) is 0. The number of rotatable bonds is 2. The van der Waals surface area contributed by atoms with Crippen LogP contribution in [0.25, 0.3) is 10.1 Å². The van der Waals surface area contributed by atoms with Crippen molar-refractivity contribution in [2.24, 2.45) is 0 Å². The van der Waals surface area contributed by atoms with E-state index in [0.29, 0.717) is 0 Å². The second kappa shape index (κ2) is 3.88.